The molecule has 1 aromatic carbocycles. The fourth-order valence-corrected chi connectivity index (χ4v) is 3.70. The molecule has 1 N–H and O–H groups in total. The van der Waals surface area contributed by atoms with Crippen LogP contribution in [0.4, 0.5) is 0 Å². The maximum Gasteiger partial charge on any atom is 0.0681 e. The molecule has 1 unspecified atom stereocenters. The zero-order valence-corrected chi connectivity index (χ0v) is 11.3. The standard InChI is InChI=1S/C14H20O3S/c15-9-12-1-3-13(4-2-12)10-18(16)11-14-5-7-17-8-6-14/h1-4,14-15H,5-11H2. The predicted octanol–water partition coefficient (Wildman–Crippen LogP) is 1.85. The van der Waals surface area contributed by atoms with E-state index in [-0.39, 0.29) is 6.61 Å². The molecule has 1 aliphatic heterocycles. The Kier molecular flexibility index (Phi) is 5.35. The summed E-state index contributed by atoms with van der Waals surface area (Å²) < 4.78 is 17.4. The van der Waals surface area contributed by atoms with Crippen LogP contribution in [0.3, 0.4) is 0 Å². The lowest BCUT2D eigenvalue weighted by Gasteiger charge is -2.21. The van der Waals surface area contributed by atoms with Crippen molar-refractivity contribution in [3.63, 3.8) is 0 Å². The zero-order valence-electron chi connectivity index (χ0n) is 10.5. The Morgan fingerprint density at radius 3 is 2.39 bits per heavy atom. The lowest BCUT2D eigenvalue weighted by atomic mass is 10.0. The molecule has 1 atom stereocenters. The lowest BCUT2D eigenvalue weighted by Crippen LogP contribution is -2.21. The van der Waals surface area contributed by atoms with Gasteiger partial charge in [-0.25, -0.2) is 0 Å². The summed E-state index contributed by atoms with van der Waals surface area (Å²) in [6.07, 6.45) is 2.07. The highest BCUT2D eigenvalue weighted by Gasteiger charge is 2.16. The number of benzene rings is 1. The Hall–Kier alpha value is -0.710. The monoisotopic (exact) mass is 268 g/mol. The Morgan fingerprint density at radius 2 is 1.78 bits per heavy atom. The summed E-state index contributed by atoms with van der Waals surface area (Å²) in [4.78, 5) is 0. The van der Waals surface area contributed by atoms with Crippen LogP contribution >= 0.6 is 0 Å². The minimum atomic E-state index is -0.795. The number of aliphatic hydroxyl groups is 1. The van der Waals surface area contributed by atoms with Crippen molar-refractivity contribution >= 4 is 10.8 Å². The van der Waals surface area contributed by atoms with E-state index in [1.165, 1.54) is 0 Å². The molecule has 0 amide bonds. The van der Waals surface area contributed by atoms with Gasteiger partial charge >= 0.3 is 0 Å². The van der Waals surface area contributed by atoms with E-state index in [4.69, 9.17) is 9.84 Å². The summed E-state index contributed by atoms with van der Waals surface area (Å²) in [7, 11) is -0.795. The van der Waals surface area contributed by atoms with Crippen LogP contribution in [0.5, 0.6) is 0 Å². The molecule has 2 rings (SSSR count). The molecule has 0 saturated carbocycles. The zero-order chi connectivity index (χ0) is 12.8. The van der Waals surface area contributed by atoms with Crippen molar-refractivity contribution in [3.8, 4) is 0 Å². The fourth-order valence-electron chi connectivity index (χ4n) is 2.16. The molecule has 4 heteroatoms. The smallest absolute Gasteiger partial charge is 0.0681 e. The maximum atomic E-state index is 12.1. The highest BCUT2D eigenvalue weighted by molar-refractivity contribution is 7.84. The normalized spacial score (nSPS) is 18.7. The van der Waals surface area contributed by atoms with Crippen molar-refractivity contribution in [3.05, 3.63) is 35.4 Å². The van der Waals surface area contributed by atoms with Crippen LogP contribution in [0.1, 0.15) is 24.0 Å². The van der Waals surface area contributed by atoms with Gasteiger partial charge in [-0.3, -0.25) is 4.21 Å². The second-order valence-corrected chi connectivity index (χ2v) is 6.28. The SMILES string of the molecule is O=S(Cc1ccc(CO)cc1)CC1CCOCC1. The van der Waals surface area contributed by atoms with E-state index in [1.807, 2.05) is 24.3 Å². The third kappa shape index (κ3) is 4.19. The summed E-state index contributed by atoms with van der Waals surface area (Å²) in [6.45, 7) is 1.69. The van der Waals surface area contributed by atoms with Crippen molar-refractivity contribution in [2.75, 3.05) is 19.0 Å². The van der Waals surface area contributed by atoms with Gasteiger partial charge in [0.1, 0.15) is 0 Å². The Labute approximate surface area is 111 Å². The van der Waals surface area contributed by atoms with E-state index in [9.17, 15) is 4.21 Å². The van der Waals surface area contributed by atoms with Crippen LogP contribution in [0.15, 0.2) is 24.3 Å². The highest BCUT2D eigenvalue weighted by Crippen LogP contribution is 2.17. The fraction of sp³-hybridized carbons (Fsp3) is 0.571. The van der Waals surface area contributed by atoms with E-state index in [1.54, 1.807) is 0 Å². The first kappa shape index (κ1) is 13.7. The van der Waals surface area contributed by atoms with Crippen LogP contribution in [-0.2, 0) is 27.9 Å². The minimum absolute atomic E-state index is 0.0610. The number of rotatable bonds is 5. The highest BCUT2D eigenvalue weighted by atomic mass is 32.2. The molecule has 1 aromatic rings. The average molecular weight is 268 g/mol. The van der Waals surface area contributed by atoms with E-state index in [0.29, 0.717) is 11.7 Å². The molecule has 0 spiro atoms. The first-order valence-corrected chi connectivity index (χ1v) is 7.88. The van der Waals surface area contributed by atoms with Gasteiger partial charge in [0.25, 0.3) is 0 Å². The van der Waals surface area contributed by atoms with Gasteiger partial charge in [-0.15, -0.1) is 0 Å². The van der Waals surface area contributed by atoms with Crippen LogP contribution in [0, 0.1) is 5.92 Å². The Balaban J connectivity index is 1.82. The van der Waals surface area contributed by atoms with Crippen molar-refractivity contribution < 1.29 is 14.1 Å². The molecule has 1 fully saturated rings. The molecule has 1 heterocycles. The number of hydrogen-bond donors (Lipinski definition) is 1. The Morgan fingerprint density at radius 1 is 1.17 bits per heavy atom. The topological polar surface area (TPSA) is 46.5 Å². The number of hydrogen-bond acceptors (Lipinski definition) is 3. The van der Waals surface area contributed by atoms with Crippen LogP contribution in [0.25, 0.3) is 0 Å². The first-order chi connectivity index (χ1) is 8.78. The van der Waals surface area contributed by atoms with Crippen molar-refractivity contribution in [2.45, 2.75) is 25.2 Å². The van der Waals surface area contributed by atoms with Gasteiger partial charge in [0.15, 0.2) is 0 Å². The molecule has 0 radical (unpaired) electrons. The van der Waals surface area contributed by atoms with E-state index in [2.05, 4.69) is 0 Å². The van der Waals surface area contributed by atoms with Crippen LogP contribution in [0.2, 0.25) is 0 Å². The van der Waals surface area contributed by atoms with Gasteiger partial charge in [0, 0.05) is 35.5 Å². The number of aliphatic hydroxyl groups excluding tert-OH is 1. The van der Waals surface area contributed by atoms with E-state index in [0.717, 1.165) is 42.9 Å². The Bertz CT molecular complexity index is 383. The maximum absolute atomic E-state index is 12.1. The molecule has 1 saturated heterocycles. The minimum Gasteiger partial charge on any atom is -0.392 e. The molecule has 18 heavy (non-hydrogen) atoms. The second-order valence-electron chi connectivity index (χ2n) is 4.78. The summed E-state index contributed by atoms with van der Waals surface area (Å²) in [5.41, 5.74) is 1.98. The molecule has 100 valence electrons. The predicted molar refractivity (Wildman–Crippen MR) is 72.6 cm³/mol. The summed E-state index contributed by atoms with van der Waals surface area (Å²) in [6, 6.07) is 7.68. The third-order valence-electron chi connectivity index (χ3n) is 3.30. The van der Waals surface area contributed by atoms with Crippen LogP contribution < -0.4 is 0 Å². The van der Waals surface area contributed by atoms with Crippen molar-refractivity contribution in [1.29, 1.82) is 0 Å². The largest absolute Gasteiger partial charge is 0.392 e. The van der Waals surface area contributed by atoms with Crippen molar-refractivity contribution in [2.24, 2.45) is 5.92 Å². The summed E-state index contributed by atoms with van der Waals surface area (Å²) in [5, 5.41) is 8.95. The number of ether oxygens (including phenoxy) is 1. The van der Waals surface area contributed by atoms with Gasteiger partial charge in [-0.05, 0) is 29.9 Å². The molecule has 1 aliphatic rings. The third-order valence-corrected chi connectivity index (χ3v) is 4.79. The molecule has 0 aromatic heterocycles. The molecule has 3 nitrogen and oxygen atoms in total. The average Bonchev–Trinajstić information content (AvgIpc) is 2.40. The van der Waals surface area contributed by atoms with Gasteiger partial charge in [0.2, 0.25) is 0 Å². The van der Waals surface area contributed by atoms with Gasteiger partial charge in [-0.2, -0.15) is 0 Å². The molecule has 0 bridgehead atoms. The van der Waals surface area contributed by atoms with Gasteiger partial charge in [-0.1, -0.05) is 24.3 Å². The molecular weight excluding hydrogens is 248 g/mol. The van der Waals surface area contributed by atoms with Gasteiger partial charge in [0.05, 0.1) is 6.61 Å². The van der Waals surface area contributed by atoms with Crippen molar-refractivity contribution in [1.82, 2.24) is 0 Å². The first-order valence-electron chi connectivity index (χ1n) is 6.39. The van der Waals surface area contributed by atoms with Crippen LogP contribution in [-0.4, -0.2) is 28.3 Å². The quantitative estimate of drug-likeness (QED) is 0.886. The van der Waals surface area contributed by atoms with E-state index < -0.39 is 10.8 Å². The lowest BCUT2D eigenvalue weighted by molar-refractivity contribution is 0.0725. The second kappa shape index (κ2) is 7.02. The molecular formula is C14H20O3S. The summed E-state index contributed by atoms with van der Waals surface area (Å²) in [5.74, 6) is 1.95. The van der Waals surface area contributed by atoms with Gasteiger partial charge < -0.3 is 9.84 Å². The molecule has 0 aliphatic carbocycles. The summed E-state index contributed by atoms with van der Waals surface area (Å²) >= 11 is 0. The van der Waals surface area contributed by atoms with E-state index >= 15 is 0 Å².